The Balaban J connectivity index is 1.53. The van der Waals surface area contributed by atoms with Crippen LogP contribution in [0.3, 0.4) is 0 Å². The lowest BCUT2D eigenvalue weighted by Crippen LogP contribution is -2.41. The fourth-order valence-corrected chi connectivity index (χ4v) is 3.96. The van der Waals surface area contributed by atoms with E-state index in [1.807, 2.05) is 0 Å². The number of halogens is 3. The maximum atomic E-state index is 12.8. The highest BCUT2D eigenvalue weighted by atomic mass is 32.1. The summed E-state index contributed by atoms with van der Waals surface area (Å²) in [5.74, 6) is -0.473. The summed E-state index contributed by atoms with van der Waals surface area (Å²) >= 11 is 1.22. The number of aromatic nitrogens is 1. The number of anilines is 2. The Morgan fingerprint density at radius 3 is 2.70 bits per heavy atom. The predicted molar refractivity (Wildman–Crippen MR) is 106 cm³/mol. The Labute approximate surface area is 176 Å². The second-order valence-corrected chi connectivity index (χ2v) is 7.79. The highest BCUT2D eigenvalue weighted by Crippen LogP contribution is 2.32. The zero-order chi connectivity index (χ0) is 21.7. The summed E-state index contributed by atoms with van der Waals surface area (Å²) in [7, 11) is 0. The highest BCUT2D eigenvalue weighted by molar-refractivity contribution is 7.13. The summed E-state index contributed by atoms with van der Waals surface area (Å²) in [5, 5.41) is 4.97. The average Bonchev–Trinajstić information content (AvgIpc) is 3.14. The molecule has 3 rings (SSSR count). The number of alkyl halides is 3. The third-order valence-corrected chi connectivity index (χ3v) is 5.60. The van der Waals surface area contributed by atoms with E-state index in [0.717, 1.165) is 12.1 Å². The molecule has 0 unspecified atom stereocenters. The second-order valence-electron chi connectivity index (χ2n) is 6.93. The van der Waals surface area contributed by atoms with Gasteiger partial charge < -0.3 is 15.0 Å². The Bertz CT molecular complexity index is 893. The molecule has 1 aromatic carbocycles. The predicted octanol–water partition coefficient (Wildman–Crippen LogP) is 4.25. The van der Waals surface area contributed by atoms with Crippen molar-refractivity contribution in [3.8, 4) is 0 Å². The van der Waals surface area contributed by atoms with Gasteiger partial charge in [0.1, 0.15) is 0 Å². The van der Waals surface area contributed by atoms with Crippen molar-refractivity contribution in [1.29, 1.82) is 0 Å². The van der Waals surface area contributed by atoms with Crippen LogP contribution in [0.1, 0.15) is 31.0 Å². The third kappa shape index (κ3) is 5.71. The van der Waals surface area contributed by atoms with Crippen molar-refractivity contribution in [3.05, 3.63) is 40.9 Å². The molecule has 0 radical (unpaired) electrons. The normalized spacial score (nSPS) is 15.1. The minimum Gasteiger partial charge on any atom is -0.466 e. The molecule has 1 saturated heterocycles. The number of piperidine rings is 1. The second kappa shape index (κ2) is 9.46. The SMILES string of the molecule is CCOC(=O)C1CCN(C(=O)Cc2csc(Nc3cccc(C(F)(F)F)c3)n2)CC1. The summed E-state index contributed by atoms with van der Waals surface area (Å²) in [6.07, 6.45) is -3.17. The largest absolute Gasteiger partial charge is 0.466 e. The number of thiazole rings is 1. The van der Waals surface area contributed by atoms with Crippen molar-refractivity contribution in [2.45, 2.75) is 32.4 Å². The van der Waals surface area contributed by atoms with E-state index in [1.165, 1.54) is 23.5 Å². The molecular weight excluding hydrogens is 419 g/mol. The lowest BCUT2D eigenvalue weighted by atomic mass is 9.97. The maximum Gasteiger partial charge on any atom is 0.416 e. The van der Waals surface area contributed by atoms with Crippen LogP contribution in [0, 0.1) is 5.92 Å². The smallest absolute Gasteiger partial charge is 0.416 e. The minimum absolute atomic E-state index is 0.0896. The van der Waals surface area contributed by atoms with Gasteiger partial charge in [-0.05, 0) is 38.0 Å². The van der Waals surface area contributed by atoms with E-state index in [9.17, 15) is 22.8 Å². The number of ether oxygens (including phenoxy) is 1. The molecule has 1 N–H and O–H groups in total. The first-order chi connectivity index (χ1) is 14.3. The minimum atomic E-state index is -4.42. The van der Waals surface area contributed by atoms with Gasteiger partial charge in [-0.1, -0.05) is 6.07 Å². The molecule has 10 heteroatoms. The number of esters is 1. The Morgan fingerprint density at radius 2 is 2.03 bits per heavy atom. The van der Waals surface area contributed by atoms with Crippen molar-refractivity contribution >= 4 is 34.0 Å². The number of likely N-dealkylation sites (tertiary alicyclic amines) is 1. The zero-order valence-electron chi connectivity index (χ0n) is 16.4. The van der Waals surface area contributed by atoms with Crippen molar-refractivity contribution < 1.29 is 27.5 Å². The van der Waals surface area contributed by atoms with Crippen LogP contribution in [0.15, 0.2) is 29.6 Å². The first-order valence-electron chi connectivity index (χ1n) is 9.59. The molecule has 1 amide bonds. The number of nitrogens with zero attached hydrogens (tertiary/aromatic N) is 2. The van der Waals surface area contributed by atoms with E-state index in [0.29, 0.717) is 43.4 Å². The fourth-order valence-electron chi connectivity index (χ4n) is 3.23. The Hall–Kier alpha value is -2.62. The number of hydrogen-bond acceptors (Lipinski definition) is 6. The van der Waals surface area contributed by atoms with E-state index in [2.05, 4.69) is 10.3 Å². The molecular formula is C20H22F3N3O3S. The van der Waals surface area contributed by atoms with Crippen LogP contribution in [0.5, 0.6) is 0 Å². The van der Waals surface area contributed by atoms with Gasteiger partial charge in [0.05, 0.1) is 30.2 Å². The summed E-state index contributed by atoms with van der Waals surface area (Å²) in [4.78, 5) is 30.3. The molecule has 1 aromatic heterocycles. The number of hydrogen-bond donors (Lipinski definition) is 1. The molecule has 162 valence electrons. The molecule has 0 spiro atoms. The molecule has 6 nitrogen and oxygen atoms in total. The molecule has 0 saturated carbocycles. The van der Waals surface area contributed by atoms with E-state index < -0.39 is 11.7 Å². The summed E-state index contributed by atoms with van der Waals surface area (Å²) < 4.78 is 43.5. The molecule has 0 aliphatic carbocycles. The van der Waals surface area contributed by atoms with Gasteiger partial charge in [-0.3, -0.25) is 9.59 Å². The van der Waals surface area contributed by atoms with E-state index >= 15 is 0 Å². The fraction of sp³-hybridized carbons (Fsp3) is 0.450. The summed E-state index contributed by atoms with van der Waals surface area (Å²) in [6, 6.07) is 4.86. The quantitative estimate of drug-likeness (QED) is 0.679. The number of carbonyl (C=O) groups is 2. The lowest BCUT2D eigenvalue weighted by molar-refractivity contribution is -0.151. The van der Waals surface area contributed by atoms with Gasteiger partial charge in [0.15, 0.2) is 5.13 Å². The van der Waals surface area contributed by atoms with Crippen LogP contribution in [0.25, 0.3) is 0 Å². The maximum absolute atomic E-state index is 12.8. The van der Waals surface area contributed by atoms with Gasteiger partial charge in [0, 0.05) is 24.2 Å². The topological polar surface area (TPSA) is 71.5 Å². The van der Waals surface area contributed by atoms with Crippen molar-refractivity contribution in [3.63, 3.8) is 0 Å². The molecule has 0 atom stereocenters. The average molecular weight is 441 g/mol. The third-order valence-electron chi connectivity index (χ3n) is 4.79. The Morgan fingerprint density at radius 1 is 1.30 bits per heavy atom. The van der Waals surface area contributed by atoms with E-state index in [-0.39, 0.29) is 29.9 Å². The number of nitrogens with one attached hydrogen (secondary N) is 1. The highest BCUT2D eigenvalue weighted by Gasteiger charge is 2.30. The first kappa shape index (κ1) is 22.1. The zero-order valence-corrected chi connectivity index (χ0v) is 17.2. The van der Waals surface area contributed by atoms with Crippen LogP contribution in [-0.4, -0.2) is 41.5 Å². The van der Waals surface area contributed by atoms with E-state index in [1.54, 1.807) is 17.2 Å². The summed E-state index contributed by atoms with van der Waals surface area (Å²) in [6.45, 7) is 3.09. The molecule has 1 fully saturated rings. The lowest BCUT2D eigenvalue weighted by Gasteiger charge is -2.30. The van der Waals surface area contributed by atoms with Crippen molar-refractivity contribution in [2.24, 2.45) is 5.92 Å². The molecule has 1 aliphatic heterocycles. The standard InChI is InChI=1S/C20H22F3N3O3S/c1-2-29-18(28)13-6-8-26(9-7-13)17(27)11-16-12-30-19(25-16)24-15-5-3-4-14(10-15)20(21,22)23/h3-5,10,12-13H,2,6-9,11H2,1H3,(H,24,25). The molecule has 30 heavy (non-hydrogen) atoms. The van der Waals surface area contributed by atoms with Crippen LogP contribution in [-0.2, 0) is 26.9 Å². The van der Waals surface area contributed by atoms with Crippen LogP contribution in [0.2, 0.25) is 0 Å². The van der Waals surface area contributed by atoms with Crippen LogP contribution in [0.4, 0.5) is 24.0 Å². The van der Waals surface area contributed by atoms with Gasteiger partial charge >= 0.3 is 12.1 Å². The molecule has 2 aromatic rings. The summed E-state index contributed by atoms with van der Waals surface area (Å²) in [5.41, 5.74) is 0.0794. The number of rotatable bonds is 6. The Kier molecular flexibility index (Phi) is 6.96. The van der Waals surface area contributed by atoms with Crippen molar-refractivity contribution in [1.82, 2.24) is 9.88 Å². The van der Waals surface area contributed by atoms with E-state index in [4.69, 9.17) is 4.74 Å². The van der Waals surface area contributed by atoms with Gasteiger partial charge in [0.2, 0.25) is 5.91 Å². The van der Waals surface area contributed by atoms with Gasteiger partial charge in [-0.25, -0.2) is 4.98 Å². The number of amides is 1. The molecule has 2 heterocycles. The molecule has 0 bridgehead atoms. The number of benzene rings is 1. The van der Waals surface area contributed by atoms with Crippen LogP contribution < -0.4 is 5.32 Å². The van der Waals surface area contributed by atoms with Gasteiger partial charge in [0.25, 0.3) is 0 Å². The van der Waals surface area contributed by atoms with Crippen LogP contribution >= 0.6 is 11.3 Å². The first-order valence-corrected chi connectivity index (χ1v) is 10.5. The van der Waals surface area contributed by atoms with Gasteiger partial charge in [-0.15, -0.1) is 11.3 Å². The monoisotopic (exact) mass is 441 g/mol. The van der Waals surface area contributed by atoms with Gasteiger partial charge in [-0.2, -0.15) is 13.2 Å². The molecule has 1 aliphatic rings. The number of carbonyl (C=O) groups excluding carboxylic acids is 2. The van der Waals surface area contributed by atoms with Crippen molar-refractivity contribution in [2.75, 3.05) is 25.0 Å².